The Bertz CT molecular complexity index is 741. The molecule has 136 valence electrons. The first-order valence-corrected chi connectivity index (χ1v) is 7.99. The average molecular weight is 389 g/mol. The van der Waals surface area contributed by atoms with Crippen LogP contribution in [0, 0.1) is 5.82 Å². The number of hydrogen-bond acceptors (Lipinski definition) is 4. The number of rotatable bonds is 4. The van der Waals surface area contributed by atoms with Crippen LogP contribution in [0.2, 0.25) is 5.02 Å². The molecule has 1 fully saturated rings. The maximum Gasteiger partial charge on any atom is 0.261 e. The molecule has 0 saturated carbocycles. The molecule has 0 bridgehead atoms. The Morgan fingerprint density at radius 1 is 1.52 bits per heavy atom. The molecular formula is C16H19Cl2FN4O2. The van der Waals surface area contributed by atoms with Crippen molar-refractivity contribution in [2.45, 2.75) is 6.04 Å². The number of benzene rings is 1. The minimum atomic E-state index is -0.521. The van der Waals surface area contributed by atoms with E-state index in [-0.39, 0.29) is 36.0 Å². The van der Waals surface area contributed by atoms with E-state index in [2.05, 4.69) is 10.3 Å². The van der Waals surface area contributed by atoms with Gasteiger partial charge in [0, 0.05) is 45.1 Å². The largest absolute Gasteiger partial charge is 0.484 e. The van der Waals surface area contributed by atoms with Gasteiger partial charge in [-0.05, 0) is 12.1 Å². The van der Waals surface area contributed by atoms with Gasteiger partial charge < -0.3 is 19.5 Å². The lowest BCUT2D eigenvalue weighted by atomic mass is 10.1. The van der Waals surface area contributed by atoms with Gasteiger partial charge in [0.15, 0.2) is 6.61 Å². The fourth-order valence-corrected chi connectivity index (χ4v) is 2.90. The highest BCUT2D eigenvalue weighted by Gasteiger charge is 2.30. The molecular weight excluding hydrogens is 370 g/mol. The monoisotopic (exact) mass is 388 g/mol. The van der Waals surface area contributed by atoms with Gasteiger partial charge in [0.1, 0.15) is 23.4 Å². The Morgan fingerprint density at radius 3 is 3.00 bits per heavy atom. The molecule has 1 unspecified atom stereocenters. The zero-order chi connectivity index (χ0) is 17.1. The third-order valence-corrected chi connectivity index (χ3v) is 4.26. The maximum absolute atomic E-state index is 13.2. The molecule has 3 rings (SSSR count). The predicted octanol–water partition coefficient (Wildman–Crippen LogP) is 2.19. The Balaban J connectivity index is 0.00000225. The van der Waals surface area contributed by atoms with E-state index in [1.54, 1.807) is 11.1 Å². The summed E-state index contributed by atoms with van der Waals surface area (Å²) in [6.45, 7) is 1.79. The summed E-state index contributed by atoms with van der Waals surface area (Å²) < 4.78 is 20.5. The lowest BCUT2D eigenvalue weighted by Gasteiger charge is -2.35. The van der Waals surface area contributed by atoms with Crippen molar-refractivity contribution in [2.24, 2.45) is 7.05 Å². The van der Waals surface area contributed by atoms with Crippen molar-refractivity contribution in [3.05, 3.63) is 47.3 Å². The van der Waals surface area contributed by atoms with E-state index in [1.165, 1.54) is 18.2 Å². The first kappa shape index (κ1) is 19.5. The molecule has 1 aromatic heterocycles. The van der Waals surface area contributed by atoms with Crippen molar-refractivity contribution in [1.82, 2.24) is 19.8 Å². The summed E-state index contributed by atoms with van der Waals surface area (Å²) in [5, 5.41) is 3.24. The van der Waals surface area contributed by atoms with Gasteiger partial charge in [0.05, 0.1) is 5.02 Å². The topological polar surface area (TPSA) is 59.4 Å². The maximum atomic E-state index is 13.2. The number of aromatic nitrogens is 2. The number of imidazole rings is 1. The van der Waals surface area contributed by atoms with Gasteiger partial charge in [0.2, 0.25) is 0 Å². The first-order valence-electron chi connectivity index (χ1n) is 7.61. The SMILES string of the molecule is Cl.Cn1ccnc1C1CNCCN1C(=O)COc1ccc(F)c(Cl)c1. The van der Waals surface area contributed by atoms with Crippen LogP contribution >= 0.6 is 24.0 Å². The Kier molecular flexibility index (Phi) is 6.64. The van der Waals surface area contributed by atoms with Crippen molar-refractivity contribution >= 4 is 29.9 Å². The number of ether oxygens (including phenoxy) is 1. The number of halogens is 3. The number of amides is 1. The molecule has 0 spiro atoms. The molecule has 1 atom stereocenters. The Hall–Kier alpha value is -1.83. The van der Waals surface area contributed by atoms with Crippen LogP contribution in [0.15, 0.2) is 30.6 Å². The standard InChI is InChI=1S/C16H18ClFN4O2.ClH/c1-21-6-5-20-16(21)14-9-19-4-7-22(14)15(23)10-24-11-2-3-13(18)12(17)8-11;/h2-3,5-6,8,14,19H,4,7,9-10H2,1H3;1H. The zero-order valence-corrected chi connectivity index (χ0v) is 15.2. The van der Waals surface area contributed by atoms with Gasteiger partial charge >= 0.3 is 0 Å². The van der Waals surface area contributed by atoms with E-state index in [0.717, 1.165) is 12.4 Å². The minimum Gasteiger partial charge on any atom is -0.484 e. The molecule has 0 aliphatic carbocycles. The van der Waals surface area contributed by atoms with E-state index in [1.807, 2.05) is 17.8 Å². The van der Waals surface area contributed by atoms with Crippen LogP contribution in [0.3, 0.4) is 0 Å². The Morgan fingerprint density at radius 2 is 2.32 bits per heavy atom. The number of carbonyl (C=O) groups is 1. The quantitative estimate of drug-likeness (QED) is 0.871. The first-order chi connectivity index (χ1) is 11.6. The van der Waals surface area contributed by atoms with Crippen LogP contribution in [0.25, 0.3) is 0 Å². The summed E-state index contributed by atoms with van der Waals surface area (Å²) in [5.41, 5.74) is 0. The summed E-state index contributed by atoms with van der Waals surface area (Å²) in [6, 6.07) is 3.87. The van der Waals surface area contributed by atoms with Gasteiger partial charge in [0.25, 0.3) is 5.91 Å². The number of nitrogens with zero attached hydrogens (tertiary/aromatic N) is 3. The summed E-state index contributed by atoms with van der Waals surface area (Å²) in [6.07, 6.45) is 3.56. The van der Waals surface area contributed by atoms with Crippen molar-refractivity contribution in [3.63, 3.8) is 0 Å². The van der Waals surface area contributed by atoms with Crippen LogP contribution in [0.4, 0.5) is 4.39 Å². The van der Waals surface area contributed by atoms with Crippen LogP contribution in [0.1, 0.15) is 11.9 Å². The molecule has 1 saturated heterocycles. The van der Waals surface area contributed by atoms with Crippen LogP contribution in [-0.4, -0.2) is 46.6 Å². The normalized spacial score (nSPS) is 17.1. The second-order valence-electron chi connectivity index (χ2n) is 5.57. The number of hydrogen-bond donors (Lipinski definition) is 1. The highest BCUT2D eigenvalue weighted by Crippen LogP contribution is 2.23. The molecule has 1 aliphatic rings. The third kappa shape index (κ3) is 4.42. The summed E-state index contributed by atoms with van der Waals surface area (Å²) in [5.74, 6) is 0.510. The number of aryl methyl sites for hydroxylation is 1. The molecule has 1 N–H and O–H groups in total. The molecule has 0 radical (unpaired) electrons. The molecule has 9 heteroatoms. The van der Waals surface area contributed by atoms with E-state index in [9.17, 15) is 9.18 Å². The zero-order valence-electron chi connectivity index (χ0n) is 13.6. The number of piperazine rings is 1. The number of carbonyl (C=O) groups excluding carboxylic acids is 1. The van der Waals surface area contributed by atoms with Gasteiger partial charge in [-0.3, -0.25) is 4.79 Å². The summed E-state index contributed by atoms with van der Waals surface area (Å²) >= 11 is 5.72. The summed E-state index contributed by atoms with van der Waals surface area (Å²) in [4.78, 5) is 18.7. The molecule has 25 heavy (non-hydrogen) atoms. The second-order valence-corrected chi connectivity index (χ2v) is 5.98. The molecule has 6 nitrogen and oxygen atoms in total. The van der Waals surface area contributed by atoms with Crippen molar-refractivity contribution < 1.29 is 13.9 Å². The lowest BCUT2D eigenvalue weighted by Crippen LogP contribution is -2.50. The average Bonchev–Trinajstić information content (AvgIpc) is 3.01. The van der Waals surface area contributed by atoms with E-state index >= 15 is 0 Å². The highest BCUT2D eigenvalue weighted by molar-refractivity contribution is 6.30. The molecule has 2 heterocycles. The van der Waals surface area contributed by atoms with Gasteiger partial charge in [-0.1, -0.05) is 11.6 Å². The molecule has 1 amide bonds. The van der Waals surface area contributed by atoms with E-state index in [4.69, 9.17) is 16.3 Å². The fourth-order valence-electron chi connectivity index (χ4n) is 2.73. The lowest BCUT2D eigenvalue weighted by molar-refractivity contribution is -0.137. The van der Waals surface area contributed by atoms with Crippen molar-refractivity contribution in [3.8, 4) is 5.75 Å². The minimum absolute atomic E-state index is 0. The third-order valence-electron chi connectivity index (χ3n) is 3.97. The molecule has 1 aliphatic heterocycles. The van der Waals surface area contributed by atoms with E-state index < -0.39 is 5.82 Å². The van der Waals surface area contributed by atoms with Crippen LogP contribution < -0.4 is 10.1 Å². The highest BCUT2D eigenvalue weighted by atomic mass is 35.5. The second kappa shape index (κ2) is 8.51. The van der Waals surface area contributed by atoms with E-state index in [0.29, 0.717) is 18.8 Å². The van der Waals surface area contributed by atoms with Crippen molar-refractivity contribution in [2.75, 3.05) is 26.2 Å². The van der Waals surface area contributed by atoms with Gasteiger partial charge in [-0.25, -0.2) is 9.37 Å². The predicted molar refractivity (Wildman–Crippen MR) is 94.7 cm³/mol. The number of nitrogens with one attached hydrogen (secondary N) is 1. The van der Waals surface area contributed by atoms with Crippen LogP contribution in [0.5, 0.6) is 5.75 Å². The van der Waals surface area contributed by atoms with Gasteiger partial charge in [-0.2, -0.15) is 0 Å². The van der Waals surface area contributed by atoms with Gasteiger partial charge in [-0.15, -0.1) is 12.4 Å². The molecule has 2 aromatic rings. The smallest absolute Gasteiger partial charge is 0.261 e. The van der Waals surface area contributed by atoms with Crippen molar-refractivity contribution in [1.29, 1.82) is 0 Å². The molecule has 1 aromatic carbocycles. The summed E-state index contributed by atoms with van der Waals surface area (Å²) in [7, 11) is 1.90. The van der Waals surface area contributed by atoms with Crippen LogP contribution in [-0.2, 0) is 11.8 Å². The fraction of sp³-hybridized carbons (Fsp3) is 0.375. The Labute approximate surface area is 156 Å².